The maximum atomic E-state index is 4.90. The summed E-state index contributed by atoms with van der Waals surface area (Å²) in [6.45, 7) is 0. The molecule has 2 nitrogen and oxygen atoms in total. The monoisotopic (exact) mass is 428 g/mol. The minimum atomic E-state index is 0.908. The van der Waals surface area contributed by atoms with Gasteiger partial charge in [0.05, 0.1) is 16.3 Å². The number of imidazole rings is 1. The van der Waals surface area contributed by atoms with Gasteiger partial charge in [0.1, 0.15) is 5.82 Å². The van der Waals surface area contributed by atoms with Crippen LogP contribution in [0.2, 0.25) is 0 Å². The van der Waals surface area contributed by atoms with Crippen LogP contribution in [0.25, 0.3) is 33.2 Å². The SMILES string of the molecule is Ic1cccc(-c2nc(-c3ccccc3)c(-c3cccs3)[nH]2)c1. The molecule has 4 heteroatoms. The average molecular weight is 428 g/mol. The van der Waals surface area contributed by atoms with Crippen molar-refractivity contribution in [3.8, 4) is 33.2 Å². The van der Waals surface area contributed by atoms with E-state index in [-0.39, 0.29) is 0 Å². The van der Waals surface area contributed by atoms with Crippen LogP contribution < -0.4 is 0 Å². The molecule has 0 atom stereocenters. The highest BCUT2D eigenvalue weighted by Gasteiger charge is 2.15. The van der Waals surface area contributed by atoms with Crippen molar-refractivity contribution in [2.45, 2.75) is 0 Å². The van der Waals surface area contributed by atoms with Crippen LogP contribution in [0.3, 0.4) is 0 Å². The number of hydrogen-bond acceptors (Lipinski definition) is 2. The van der Waals surface area contributed by atoms with Crippen molar-refractivity contribution >= 4 is 33.9 Å². The van der Waals surface area contributed by atoms with Gasteiger partial charge in [0.25, 0.3) is 0 Å². The Morgan fingerprint density at radius 1 is 0.870 bits per heavy atom. The summed E-state index contributed by atoms with van der Waals surface area (Å²) in [7, 11) is 0. The lowest BCUT2D eigenvalue weighted by atomic mass is 10.1. The van der Waals surface area contributed by atoms with E-state index in [9.17, 15) is 0 Å². The summed E-state index contributed by atoms with van der Waals surface area (Å²) in [6, 6.07) is 22.9. The van der Waals surface area contributed by atoms with Gasteiger partial charge in [0, 0.05) is 14.7 Å². The Labute approximate surface area is 152 Å². The normalized spacial score (nSPS) is 10.8. The first-order chi connectivity index (χ1) is 11.3. The topological polar surface area (TPSA) is 28.7 Å². The summed E-state index contributed by atoms with van der Waals surface area (Å²) in [4.78, 5) is 9.62. The molecule has 0 aliphatic carbocycles. The molecule has 0 saturated heterocycles. The van der Waals surface area contributed by atoms with Gasteiger partial charge < -0.3 is 4.98 Å². The number of nitrogens with zero attached hydrogens (tertiary/aromatic N) is 1. The summed E-state index contributed by atoms with van der Waals surface area (Å²) in [5.41, 5.74) is 4.32. The molecule has 0 spiro atoms. The molecule has 0 saturated carbocycles. The third-order valence-corrected chi connectivity index (χ3v) is 5.18. The Bertz CT molecular complexity index is 927. The number of H-pyrrole nitrogens is 1. The van der Waals surface area contributed by atoms with E-state index in [1.54, 1.807) is 11.3 Å². The Morgan fingerprint density at radius 3 is 2.43 bits per heavy atom. The average Bonchev–Trinajstić information content (AvgIpc) is 3.25. The van der Waals surface area contributed by atoms with Crippen molar-refractivity contribution in [2.75, 3.05) is 0 Å². The van der Waals surface area contributed by atoms with Gasteiger partial charge in [-0.15, -0.1) is 11.3 Å². The van der Waals surface area contributed by atoms with Crippen LogP contribution in [0.15, 0.2) is 72.1 Å². The predicted octanol–water partition coefficient (Wildman–Crippen LogP) is 6.08. The molecule has 4 rings (SSSR count). The number of nitrogens with one attached hydrogen (secondary N) is 1. The second kappa shape index (κ2) is 6.29. The molecule has 2 heterocycles. The Kier molecular flexibility index (Phi) is 4.01. The van der Waals surface area contributed by atoms with E-state index in [0.29, 0.717) is 0 Å². The number of hydrogen-bond donors (Lipinski definition) is 1. The lowest BCUT2D eigenvalue weighted by molar-refractivity contribution is 1.31. The molecule has 0 bridgehead atoms. The maximum Gasteiger partial charge on any atom is 0.138 e. The van der Waals surface area contributed by atoms with Crippen molar-refractivity contribution < 1.29 is 0 Å². The van der Waals surface area contributed by atoms with Gasteiger partial charge in [-0.05, 0) is 46.2 Å². The van der Waals surface area contributed by atoms with Gasteiger partial charge in [-0.1, -0.05) is 48.5 Å². The van der Waals surface area contributed by atoms with E-state index >= 15 is 0 Å². The van der Waals surface area contributed by atoms with Crippen molar-refractivity contribution in [3.05, 3.63) is 75.7 Å². The van der Waals surface area contributed by atoms with Crippen LogP contribution in [0, 0.1) is 3.57 Å². The fourth-order valence-electron chi connectivity index (χ4n) is 2.55. The summed E-state index contributed by atoms with van der Waals surface area (Å²) in [5, 5.41) is 2.09. The van der Waals surface area contributed by atoms with Gasteiger partial charge in [-0.2, -0.15) is 0 Å². The molecule has 0 fully saturated rings. The van der Waals surface area contributed by atoms with Gasteiger partial charge >= 0.3 is 0 Å². The van der Waals surface area contributed by atoms with Crippen LogP contribution in [-0.4, -0.2) is 9.97 Å². The molecule has 4 aromatic rings. The van der Waals surface area contributed by atoms with Gasteiger partial charge in [0.15, 0.2) is 0 Å². The molecule has 0 unspecified atom stereocenters. The predicted molar refractivity (Wildman–Crippen MR) is 105 cm³/mol. The van der Waals surface area contributed by atoms with E-state index < -0.39 is 0 Å². The highest BCUT2D eigenvalue weighted by atomic mass is 127. The fourth-order valence-corrected chi connectivity index (χ4v) is 3.82. The molecule has 2 aromatic carbocycles. The number of benzene rings is 2. The van der Waals surface area contributed by atoms with E-state index in [4.69, 9.17) is 4.98 Å². The van der Waals surface area contributed by atoms with Crippen LogP contribution in [0.4, 0.5) is 0 Å². The highest BCUT2D eigenvalue weighted by Crippen LogP contribution is 2.35. The fraction of sp³-hybridized carbons (Fsp3) is 0. The Hall–Kier alpha value is -1.92. The second-order valence-electron chi connectivity index (χ2n) is 5.16. The zero-order valence-corrected chi connectivity index (χ0v) is 15.1. The molecule has 0 amide bonds. The first-order valence-electron chi connectivity index (χ1n) is 7.26. The Balaban J connectivity index is 1.91. The number of aromatic amines is 1. The second-order valence-corrected chi connectivity index (χ2v) is 7.36. The summed E-state index contributed by atoms with van der Waals surface area (Å²) in [5.74, 6) is 0.908. The standard InChI is InChI=1S/C19H13IN2S/c20-15-9-4-8-14(12-15)19-21-17(13-6-2-1-3-7-13)18(22-19)16-10-5-11-23-16/h1-12H,(H,21,22). The van der Waals surface area contributed by atoms with Crippen molar-refractivity contribution in [2.24, 2.45) is 0 Å². The number of rotatable bonds is 3. The van der Waals surface area contributed by atoms with Crippen molar-refractivity contribution in [1.29, 1.82) is 0 Å². The number of thiophene rings is 1. The highest BCUT2D eigenvalue weighted by molar-refractivity contribution is 14.1. The number of halogens is 1. The first kappa shape index (κ1) is 14.7. The third-order valence-electron chi connectivity index (χ3n) is 3.62. The summed E-state index contributed by atoms with van der Waals surface area (Å²) >= 11 is 4.05. The van der Waals surface area contributed by atoms with Crippen LogP contribution >= 0.6 is 33.9 Å². The van der Waals surface area contributed by atoms with Crippen molar-refractivity contribution in [1.82, 2.24) is 9.97 Å². The first-order valence-corrected chi connectivity index (χ1v) is 9.22. The maximum absolute atomic E-state index is 4.90. The zero-order valence-electron chi connectivity index (χ0n) is 12.2. The van der Waals surface area contributed by atoms with Gasteiger partial charge in [0.2, 0.25) is 0 Å². The molecule has 0 aliphatic heterocycles. The largest absolute Gasteiger partial charge is 0.337 e. The lowest BCUT2D eigenvalue weighted by Crippen LogP contribution is -1.82. The molecule has 0 radical (unpaired) electrons. The zero-order chi connectivity index (χ0) is 15.6. The van der Waals surface area contributed by atoms with E-state index in [0.717, 1.165) is 28.3 Å². The van der Waals surface area contributed by atoms with E-state index in [1.165, 1.54) is 8.45 Å². The van der Waals surface area contributed by atoms with Crippen LogP contribution in [-0.2, 0) is 0 Å². The minimum absolute atomic E-state index is 0.908. The molecule has 112 valence electrons. The van der Waals surface area contributed by atoms with E-state index in [1.807, 2.05) is 18.2 Å². The smallest absolute Gasteiger partial charge is 0.138 e. The van der Waals surface area contributed by atoms with Crippen LogP contribution in [0.5, 0.6) is 0 Å². The van der Waals surface area contributed by atoms with Gasteiger partial charge in [-0.3, -0.25) is 0 Å². The van der Waals surface area contributed by atoms with Gasteiger partial charge in [-0.25, -0.2) is 4.98 Å². The molecule has 23 heavy (non-hydrogen) atoms. The lowest BCUT2D eigenvalue weighted by Gasteiger charge is -1.99. The molecule has 0 aliphatic rings. The summed E-state index contributed by atoms with van der Waals surface area (Å²) in [6.07, 6.45) is 0. The number of aromatic nitrogens is 2. The molecular weight excluding hydrogens is 415 g/mol. The van der Waals surface area contributed by atoms with Crippen molar-refractivity contribution in [3.63, 3.8) is 0 Å². The molecule has 2 aromatic heterocycles. The Morgan fingerprint density at radius 2 is 1.70 bits per heavy atom. The third kappa shape index (κ3) is 2.96. The minimum Gasteiger partial charge on any atom is -0.337 e. The summed E-state index contributed by atoms with van der Waals surface area (Å²) < 4.78 is 1.20. The molecular formula is C19H13IN2S. The van der Waals surface area contributed by atoms with E-state index in [2.05, 4.69) is 81.5 Å². The quantitative estimate of drug-likeness (QED) is 0.394. The van der Waals surface area contributed by atoms with Crippen LogP contribution in [0.1, 0.15) is 0 Å². The molecule has 1 N–H and O–H groups in total.